The third-order valence-electron chi connectivity index (χ3n) is 6.87. The average molecular weight is 710 g/mol. The van der Waals surface area contributed by atoms with Crippen molar-refractivity contribution in [3.05, 3.63) is 96.4 Å². The van der Waals surface area contributed by atoms with Crippen molar-refractivity contribution in [3.63, 3.8) is 0 Å². The van der Waals surface area contributed by atoms with Gasteiger partial charge in [-0.05, 0) is 66.7 Å². The van der Waals surface area contributed by atoms with Crippen LogP contribution in [0.15, 0.2) is 95.0 Å². The number of benzene rings is 2. The average Bonchev–Trinajstić information content (AvgIpc) is 3.06. The van der Waals surface area contributed by atoms with Gasteiger partial charge in [0.05, 0.1) is 17.4 Å². The standard InChI is InChI=1S/C31H30F5N5O3S2.C2H6/c1-21(2)45-26-9-5-24(6-10-26)40-15-17-41(18-16-40)31(43)22-3-13-28(37-19-22)30(42)39-23-4-14-29(38-20-23)44-25-7-11-27(12-8-25)46(32,33,34,35)36;1-2/h3-14,19-21H,15-18H2,1-2H3,(H,39,42);1-2H3. The van der Waals surface area contributed by atoms with Gasteiger partial charge in [-0.1, -0.05) is 47.1 Å². The van der Waals surface area contributed by atoms with E-state index in [1.54, 1.807) is 11.0 Å². The summed E-state index contributed by atoms with van der Waals surface area (Å²) in [7, 11) is -9.78. The highest BCUT2D eigenvalue weighted by atomic mass is 32.5. The molecule has 5 rings (SSSR count). The topological polar surface area (TPSA) is 87.7 Å². The number of anilines is 2. The van der Waals surface area contributed by atoms with Crippen molar-refractivity contribution < 1.29 is 33.8 Å². The van der Waals surface area contributed by atoms with Crippen molar-refractivity contribution in [3.8, 4) is 11.6 Å². The summed E-state index contributed by atoms with van der Waals surface area (Å²) in [6.45, 7) is 10.8. The van der Waals surface area contributed by atoms with Crippen LogP contribution in [0.4, 0.5) is 30.8 Å². The fraction of sp³-hybridized carbons (Fsp3) is 0.273. The highest BCUT2D eigenvalue weighted by Crippen LogP contribution is 3.02. The zero-order valence-electron chi connectivity index (χ0n) is 26.7. The molecule has 48 heavy (non-hydrogen) atoms. The van der Waals surface area contributed by atoms with Gasteiger partial charge in [0, 0.05) is 54.3 Å². The van der Waals surface area contributed by atoms with Crippen molar-refractivity contribution in [2.45, 2.75) is 42.7 Å². The fourth-order valence-electron chi connectivity index (χ4n) is 4.61. The number of halogens is 5. The van der Waals surface area contributed by atoms with Gasteiger partial charge in [0.1, 0.15) is 16.3 Å². The second-order valence-electron chi connectivity index (χ2n) is 10.8. The number of amides is 2. The van der Waals surface area contributed by atoms with Crippen molar-refractivity contribution in [2.75, 3.05) is 36.4 Å². The molecule has 1 N–H and O–H groups in total. The highest BCUT2D eigenvalue weighted by Gasteiger charge is 2.65. The number of hydrogen-bond donors (Lipinski definition) is 1. The normalized spacial score (nSPS) is 14.7. The van der Waals surface area contributed by atoms with E-state index in [-0.39, 0.29) is 41.1 Å². The predicted molar refractivity (Wildman–Crippen MR) is 181 cm³/mol. The van der Waals surface area contributed by atoms with Crippen molar-refractivity contribution >= 4 is 45.2 Å². The molecule has 1 fully saturated rings. The Kier molecular flexibility index (Phi) is 10.6. The summed E-state index contributed by atoms with van der Waals surface area (Å²) in [5.41, 5.74) is 1.80. The van der Waals surface area contributed by atoms with E-state index in [1.807, 2.05) is 25.6 Å². The van der Waals surface area contributed by atoms with Gasteiger partial charge in [-0.15, -0.1) is 11.8 Å². The molecule has 3 heterocycles. The zero-order chi connectivity index (χ0) is 35.2. The quantitative estimate of drug-likeness (QED) is 0.137. The Morgan fingerprint density at radius 3 is 1.98 bits per heavy atom. The fourth-order valence-corrected chi connectivity index (χ4v) is 6.10. The molecule has 0 aliphatic carbocycles. The van der Waals surface area contributed by atoms with Crippen LogP contribution in [0.1, 0.15) is 48.5 Å². The van der Waals surface area contributed by atoms with E-state index < -0.39 is 21.0 Å². The molecule has 0 saturated carbocycles. The Balaban J connectivity index is 0.00000255. The van der Waals surface area contributed by atoms with Crippen LogP contribution in [0.25, 0.3) is 0 Å². The lowest BCUT2D eigenvalue weighted by atomic mass is 10.2. The third-order valence-corrected chi connectivity index (χ3v) is 9.05. The number of carbonyl (C=O) groups excluding carboxylic acids is 2. The molecule has 1 aliphatic rings. The Morgan fingerprint density at radius 1 is 0.812 bits per heavy atom. The number of ether oxygens (including phenoxy) is 1. The number of thioether (sulfide) groups is 1. The first kappa shape index (κ1) is 36.5. The van der Waals surface area contributed by atoms with E-state index in [4.69, 9.17) is 4.74 Å². The van der Waals surface area contributed by atoms with Gasteiger partial charge >= 0.3 is 10.2 Å². The number of aromatic nitrogens is 2. The summed E-state index contributed by atoms with van der Waals surface area (Å²) < 4.78 is 69.8. The minimum Gasteiger partial charge on any atom is -0.439 e. The lowest BCUT2D eigenvalue weighted by Gasteiger charge is -2.40. The molecular weight excluding hydrogens is 674 g/mol. The molecule has 2 amide bonds. The number of nitrogens with one attached hydrogen (secondary N) is 1. The summed E-state index contributed by atoms with van der Waals surface area (Å²) in [6, 6.07) is 16.2. The number of nitrogens with zero attached hydrogens (tertiary/aromatic N) is 4. The Hall–Kier alpha value is -4.37. The Bertz CT molecular complexity index is 1700. The first-order valence-electron chi connectivity index (χ1n) is 15.1. The van der Waals surface area contributed by atoms with E-state index in [0.29, 0.717) is 37.0 Å². The Labute approximate surface area is 280 Å². The predicted octanol–water partition coefficient (Wildman–Crippen LogP) is 9.67. The monoisotopic (exact) mass is 709 g/mol. The maximum Gasteiger partial charge on any atom is 0.310 e. The molecule has 1 aliphatic heterocycles. The van der Waals surface area contributed by atoms with Crippen LogP contribution < -0.4 is 15.0 Å². The summed E-state index contributed by atoms with van der Waals surface area (Å²) in [5.74, 6) is -0.918. The van der Waals surface area contributed by atoms with Crippen LogP contribution in [-0.4, -0.2) is 58.1 Å². The van der Waals surface area contributed by atoms with Crippen molar-refractivity contribution in [1.29, 1.82) is 0 Å². The first-order chi connectivity index (χ1) is 22.5. The largest absolute Gasteiger partial charge is 0.439 e. The minimum atomic E-state index is -9.78. The molecule has 0 spiro atoms. The Morgan fingerprint density at radius 2 is 1.46 bits per heavy atom. The van der Waals surface area contributed by atoms with Gasteiger partial charge in [0.15, 0.2) is 0 Å². The van der Waals surface area contributed by atoms with Crippen LogP contribution in [0.5, 0.6) is 11.6 Å². The SMILES string of the molecule is CC.CC(C)Sc1ccc(N2CCN(C(=O)c3ccc(C(=O)Nc4ccc(Oc5ccc(S(F)(F)(F)(F)F)cc5)nc4)nc3)CC2)cc1. The maximum atomic E-state index is 13.1. The molecule has 2 aromatic heterocycles. The second-order valence-corrected chi connectivity index (χ2v) is 14.8. The first-order valence-corrected chi connectivity index (χ1v) is 17.9. The summed E-state index contributed by atoms with van der Waals surface area (Å²) in [4.78, 5) is 37.1. The molecule has 4 aromatic rings. The van der Waals surface area contributed by atoms with Crippen LogP contribution in [0.3, 0.4) is 0 Å². The molecule has 15 heteroatoms. The van der Waals surface area contributed by atoms with Gasteiger partial charge < -0.3 is 19.9 Å². The number of pyridine rings is 2. The second kappa shape index (κ2) is 14.0. The van der Waals surface area contributed by atoms with Crippen molar-refractivity contribution in [1.82, 2.24) is 14.9 Å². The molecule has 0 unspecified atom stereocenters. The summed E-state index contributed by atoms with van der Waals surface area (Å²) in [6.07, 6.45) is 2.60. The molecule has 0 bridgehead atoms. The molecule has 2 aromatic carbocycles. The zero-order valence-corrected chi connectivity index (χ0v) is 28.3. The van der Waals surface area contributed by atoms with E-state index in [0.717, 1.165) is 17.8 Å². The number of carbonyl (C=O) groups is 2. The summed E-state index contributed by atoms with van der Waals surface area (Å²) >= 11 is 1.81. The molecule has 1 saturated heterocycles. The van der Waals surface area contributed by atoms with Crippen LogP contribution >= 0.6 is 22.0 Å². The maximum absolute atomic E-state index is 13.1. The number of hydrogen-bond acceptors (Lipinski definition) is 7. The van der Waals surface area contributed by atoms with Crippen molar-refractivity contribution in [2.24, 2.45) is 0 Å². The minimum absolute atomic E-state index is 0.0430. The van der Waals surface area contributed by atoms with E-state index >= 15 is 0 Å². The summed E-state index contributed by atoms with van der Waals surface area (Å²) in [5, 5.41) is 3.11. The molecule has 8 nitrogen and oxygen atoms in total. The van der Waals surface area contributed by atoms with Crippen LogP contribution in [0.2, 0.25) is 0 Å². The number of piperazine rings is 1. The van der Waals surface area contributed by atoms with Crippen LogP contribution in [-0.2, 0) is 0 Å². The van der Waals surface area contributed by atoms with Gasteiger partial charge in [-0.3, -0.25) is 14.6 Å². The lowest BCUT2D eigenvalue weighted by molar-refractivity contribution is 0.0745. The van der Waals surface area contributed by atoms with Gasteiger partial charge in [0.2, 0.25) is 5.88 Å². The van der Waals surface area contributed by atoms with E-state index in [2.05, 4.69) is 58.3 Å². The van der Waals surface area contributed by atoms with E-state index in [9.17, 15) is 29.0 Å². The molecule has 0 radical (unpaired) electrons. The third kappa shape index (κ3) is 9.83. The lowest BCUT2D eigenvalue weighted by Crippen LogP contribution is -2.48. The molecule has 258 valence electrons. The van der Waals surface area contributed by atoms with Crippen LogP contribution in [0, 0.1) is 0 Å². The smallest absolute Gasteiger partial charge is 0.310 e. The van der Waals surface area contributed by atoms with Gasteiger partial charge in [0.25, 0.3) is 11.8 Å². The van der Waals surface area contributed by atoms with Gasteiger partial charge in [-0.25, -0.2) is 4.98 Å². The molecular formula is C33H36F5N5O3S2. The highest BCUT2D eigenvalue weighted by molar-refractivity contribution is 8.45. The van der Waals surface area contributed by atoms with Gasteiger partial charge in [-0.2, -0.15) is 0 Å². The molecule has 0 atom stereocenters. The number of rotatable bonds is 9. The van der Waals surface area contributed by atoms with E-state index in [1.165, 1.54) is 35.5 Å².